The van der Waals surface area contributed by atoms with Gasteiger partial charge in [-0.05, 0) is 33.6 Å². The van der Waals surface area contributed by atoms with Crippen molar-refractivity contribution in [2.24, 2.45) is 11.3 Å². The van der Waals surface area contributed by atoms with Crippen LogP contribution in [0.4, 0.5) is 0 Å². The van der Waals surface area contributed by atoms with Gasteiger partial charge in [0.25, 0.3) is 0 Å². The van der Waals surface area contributed by atoms with Gasteiger partial charge in [0.15, 0.2) is 17.9 Å². The molecule has 6 heteroatoms. The summed E-state index contributed by atoms with van der Waals surface area (Å²) in [6, 6.07) is 0. The van der Waals surface area contributed by atoms with Crippen molar-refractivity contribution >= 4 is 5.78 Å². The summed E-state index contributed by atoms with van der Waals surface area (Å²) in [5.41, 5.74) is -0.508. The normalized spacial score (nSPS) is 49.0. The maximum Gasteiger partial charge on any atom is 0.188 e. The summed E-state index contributed by atoms with van der Waals surface area (Å²) in [6.45, 7) is 11.9. The summed E-state index contributed by atoms with van der Waals surface area (Å²) in [7, 11) is 0. The molecule has 0 bridgehead atoms. The standard InChI is InChI=1S/C18H26O6/c1-6-10-7-11(19)8-18(10)13(12-9-20-16(2,3)22-12)21-15-14(18)23-17(4,5)24-15/h6,10,12-15H,1,7-9H2,2-5H3/t10-,12+,13+,14-,15+,18+/m0/s1. The third-order valence-corrected chi connectivity index (χ3v) is 5.69. The highest BCUT2D eigenvalue weighted by Crippen LogP contribution is 2.60. The van der Waals surface area contributed by atoms with Crippen LogP contribution in [-0.4, -0.2) is 48.6 Å². The number of ether oxygens (including phenoxy) is 5. The summed E-state index contributed by atoms with van der Waals surface area (Å²) in [4.78, 5) is 12.3. The Balaban J connectivity index is 1.72. The van der Waals surface area contributed by atoms with Crippen molar-refractivity contribution in [2.45, 2.75) is 76.7 Å². The Morgan fingerprint density at radius 2 is 1.83 bits per heavy atom. The van der Waals surface area contributed by atoms with Crippen molar-refractivity contribution < 1.29 is 28.5 Å². The quantitative estimate of drug-likeness (QED) is 0.719. The largest absolute Gasteiger partial charge is 0.348 e. The maximum absolute atomic E-state index is 12.3. The van der Waals surface area contributed by atoms with E-state index in [2.05, 4.69) is 6.58 Å². The van der Waals surface area contributed by atoms with Crippen LogP contribution in [-0.2, 0) is 28.5 Å². The van der Waals surface area contributed by atoms with Crippen molar-refractivity contribution in [3.63, 3.8) is 0 Å². The summed E-state index contributed by atoms with van der Waals surface area (Å²) in [6.07, 6.45) is 1.35. The Morgan fingerprint density at radius 3 is 2.46 bits per heavy atom. The smallest absolute Gasteiger partial charge is 0.188 e. The Bertz CT molecular complexity index is 570. The molecule has 4 fully saturated rings. The molecule has 6 nitrogen and oxygen atoms in total. The van der Waals surface area contributed by atoms with Crippen LogP contribution in [0.3, 0.4) is 0 Å². The van der Waals surface area contributed by atoms with Gasteiger partial charge in [-0.2, -0.15) is 0 Å². The van der Waals surface area contributed by atoms with Gasteiger partial charge in [-0.3, -0.25) is 4.79 Å². The van der Waals surface area contributed by atoms with Gasteiger partial charge in [0.1, 0.15) is 18.0 Å². The Labute approximate surface area is 142 Å². The fourth-order valence-electron chi connectivity index (χ4n) is 4.83. The van der Waals surface area contributed by atoms with Crippen LogP contribution in [0, 0.1) is 11.3 Å². The molecule has 3 aliphatic heterocycles. The van der Waals surface area contributed by atoms with Gasteiger partial charge in [-0.25, -0.2) is 0 Å². The van der Waals surface area contributed by atoms with Gasteiger partial charge in [0, 0.05) is 18.3 Å². The van der Waals surface area contributed by atoms with E-state index in [4.69, 9.17) is 23.7 Å². The first-order valence-corrected chi connectivity index (χ1v) is 8.64. The molecule has 1 saturated carbocycles. The van der Waals surface area contributed by atoms with Gasteiger partial charge in [0.05, 0.1) is 12.7 Å². The number of fused-ring (bicyclic) bond motifs is 2. The number of hydrogen-bond donors (Lipinski definition) is 0. The molecule has 0 N–H and O–H groups in total. The van der Waals surface area contributed by atoms with Crippen molar-refractivity contribution in [2.75, 3.05) is 6.61 Å². The Hall–Kier alpha value is -0.790. The zero-order valence-corrected chi connectivity index (χ0v) is 14.7. The summed E-state index contributed by atoms with van der Waals surface area (Å²) < 4.78 is 30.2. The number of ketones is 1. The van der Waals surface area contributed by atoms with E-state index >= 15 is 0 Å². The highest BCUT2D eigenvalue weighted by Gasteiger charge is 2.70. The van der Waals surface area contributed by atoms with Gasteiger partial charge in [0.2, 0.25) is 0 Å². The van der Waals surface area contributed by atoms with Gasteiger partial charge in [-0.1, -0.05) is 6.08 Å². The lowest BCUT2D eigenvalue weighted by molar-refractivity contribution is -0.239. The molecule has 0 radical (unpaired) electrons. The fourth-order valence-corrected chi connectivity index (χ4v) is 4.83. The lowest BCUT2D eigenvalue weighted by Crippen LogP contribution is -2.50. The van der Waals surface area contributed by atoms with Gasteiger partial charge in [-0.15, -0.1) is 6.58 Å². The van der Waals surface area contributed by atoms with Gasteiger partial charge < -0.3 is 23.7 Å². The number of carbonyl (C=O) groups excluding carboxylic acids is 1. The number of rotatable bonds is 2. The molecular formula is C18H26O6. The first-order valence-electron chi connectivity index (χ1n) is 8.64. The van der Waals surface area contributed by atoms with E-state index in [0.29, 0.717) is 19.4 Å². The van der Waals surface area contributed by atoms with Crippen LogP contribution >= 0.6 is 0 Å². The minimum absolute atomic E-state index is 0.0187. The molecule has 4 aliphatic rings. The summed E-state index contributed by atoms with van der Waals surface area (Å²) in [5, 5.41) is 0. The number of Topliss-reactive ketones (excluding diaryl/α,β-unsaturated/α-hetero) is 1. The molecule has 6 atom stereocenters. The average Bonchev–Trinajstić information content (AvgIpc) is 3.15. The van der Waals surface area contributed by atoms with Crippen molar-refractivity contribution in [3.05, 3.63) is 12.7 Å². The van der Waals surface area contributed by atoms with E-state index in [-0.39, 0.29) is 30.0 Å². The van der Waals surface area contributed by atoms with Crippen LogP contribution in [0.2, 0.25) is 0 Å². The van der Waals surface area contributed by atoms with E-state index in [1.807, 2.05) is 33.8 Å². The SMILES string of the molecule is C=C[C@H]1CC(=O)C[C@]12[C@@H]([C@H]1COC(C)(C)O1)O[C@@H]1OC(C)(C)O[C@@H]12. The zero-order valence-electron chi connectivity index (χ0n) is 14.7. The van der Waals surface area contributed by atoms with E-state index in [0.717, 1.165) is 0 Å². The number of allylic oxidation sites excluding steroid dienone is 1. The van der Waals surface area contributed by atoms with Crippen molar-refractivity contribution in [3.8, 4) is 0 Å². The van der Waals surface area contributed by atoms with Crippen LogP contribution in [0.15, 0.2) is 12.7 Å². The second-order valence-corrected chi connectivity index (χ2v) is 8.22. The first kappa shape index (κ1) is 16.7. The molecular weight excluding hydrogens is 312 g/mol. The van der Waals surface area contributed by atoms with Crippen molar-refractivity contribution in [1.82, 2.24) is 0 Å². The van der Waals surface area contributed by atoms with E-state index in [9.17, 15) is 4.79 Å². The molecule has 3 saturated heterocycles. The van der Waals surface area contributed by atoms with Crippen LogP contribution < -0.4 is 0 Å². The molecule has 1 aliphatic carbocycles. The second-order valence-electron chi connectivity index (χ2n) is 8.22. The van der Waals surface area contributed by atoms with Gasteiger partial charge >= 0.3 is 0 Å². The van der Waals surface area contributed by atoms with E-state index < -0.39 is 23.3 Å². The molecule has 0 aromatic rings. The third kappa shape index (κ3) is 2.31. The van der Waals surface area contributed by atoms with Crippen LogP contribution in [0.25, 0.3) is 0 Å². The summed E-state index contributed by atoms with van der Waals surface area (Å²) in [5.74, 6) is -1.19. The molecule has 0 unspecified atom stereocenters. The lowest BCUT2D eigenvalue weighted by atomic mass is 9.69. The highest BCUT2D eigenvalue weighted by atomic mass is 16.8. The zero-order chi connectivity index (χ0) is 17.3. The number of hydrogen-bond acceptors (Lipinski definition) is 6. The number of carbonyl (C=O) groups is 1. The van der Waals surface area contributed by atoms with Crippen LogP contribution in [0.5, 0.6) is 0 Å². The predicted octanol–water partition coefficient (Wildman–Crippen LogP) is 2.17. The summed E-state index contributed by atoms with van der Waals surface area (Å²) >= 11 is 0. The maximum atomic E-state index is 12.3. The molecule has 4 rings (SSSR count). The highest BCUT2D eigenvalue weighted by molar-refractivity contribution is 5.83. The minimum Gasteiger partial charge on any atom is -0.348 e. The third-order valence-electron chi connectivity index (χ3n) is 5.69. The molecule has 0 aromatic carbocycles. The average molecular weight is 338 g/mol. The molecule has 0 aromatic heterocycles. The Kier molecular flexibility index (Phi) is 3.55. The topological polar surface area (TPSA) is 63.2 Å². The molecule has 1 spiro atoms. The van der Waals surface area contributed by atoms with Crippen LogP contribution in [0.1, 0.15) is 40.5 Å². The lowest BCUT2D eigenvalue weighted by Gasteiger charge is -2.40. The Morgan fingerprint density at radius 1 is 1.08 bits per heavy atom. The van der Waals surface area contributed by atoms with E-state index in [1.165, 1.54) is 0 Å². The van der Waals surface area contributed by atoms with E-state index in [1.54, 1.807) is 0 Å². The molecule has 24 heavy (non-hydrogen) atoms. The van der Waals surface area contributed by atoms with Crippen molar-refractivity contribution in [1.29, 1.82) is 0 Å². The first-order chi connectivity index (χ1) is 11.2. The molecule has 3 heterocycles. The fraction of sp³-hybridized carbons (Fsp3) is 0.833. The second kappa shape index (κ2) is 5.11. The molecule has 134 valence electrons. The predicted molar refractivity (Wildman–Crippen MR) is 84.0 cm³/mol. The minimum atomic E-state index is -0.725. The molecule has 0 amide bonds. The monoisotopic (exact) mass is 338 g/mol.